The smallest absolute Gasteiger partial charge is 0.251 e. The third-order valence-corrected chi connectivity index (χ3v) is 6.16. The molecule has 2 aromatic rings. The summed E-state index contributed by atoms with van der Waals surface area (Å²) < 4.78 is 25.3. The maximum absolute atomic E-state index is 12.4. The first-order valence-corrected chi connectivity index (χ1v) is 10.6. The van der Waals surface area contributed by atoms with Crippen molar-refractivity contribution in [1.29, 1.82) is 0 Å². The Balaban J connectivity index is 1.77. The van der Waals surface area contributed by atoms with Gasteiger partial charge in [0.05, 0.1) is 11.9 Å². The number of carbonyl (C=O) groups excluding carboxylic acids is 1. The molecule has 2 aromatic carbocycles. The Hall–Kier alpha value is -1.76. The molecule has 1 heterocycles. The highest BCUT2D eigenvalue weighted by Crippen LogP contribution is 2.34. The summed E-state index contributed by atoms with van der Waals surface area (Å²) in [7, 11) is -3.35. The molecule has 1 aliphatic rings. The van der Waals surface area contributed by atoms with Crippen LogP contribution in [0.25, 0.3) is 0 Å². The molecule has 0 aliphatic carbocycles. The largest absolute Gasteiger partial charge is 0.348 e. The molecule has 0 aromatic heterocycles. The number of nitrogens with one attached hydrogen (secondary N) is 1. The van der Waals surface area contributed by atoms with Crippen LogP contribution in [0.15, 0.2) is 36.4 Å². The molecular formula is C18H18Cl2N2O3S. The molecule has 0 radical (unpaired) electrons. The molecule has 1 atom stereocenters. The van der Waals surface area contributed by atoms with Gasteiger partial charge in [-0.3, -0.25) is 9.10 Å². The zero-order valence-corrected chi connectivity index (χ0v) is 16.6. The monoisotopic (exact) mass is 412 g/mol. The summed E-state index contributed by atoms with van der Waals surface area (Å²) >= 11 is 12.0. The second-order valence-electron chi connectivity index (χ2n) is 6.37. The molecule has 8 heteroatoms. The summed E-state index contributed by atoms with van der Waals surface area (Å²) in [4.78, 5) is 12.4. The molecule has 0 spiro atoms. The number of carbonyl (C=O) groups is 1. The minimum absolute atomic E-state index is 0.161. The van der Waals surface area contributed by atoms with Crippen LogP contribution in [0.3, 0.4) is 0 Å². The summed E-state index contributed by atoms with van der Waals surface area (Å²) in [6.45, 7) is 2.13. The first-order valence-electron chi connectivity index (χ1n) is 8.01. The van der Waals surface area contributed by atoms with E-state index in [2.05, 4.69) is 5.32 Å². The quantitative estimate of drug-likeness (QED) is 0.833. The number of sulfonamides is 1. The van der Waals surface area contributed by atoms with Crippen LogP contribution in [0.4, 0.5) is 5.69 Å². The van der Waals surface area contributed by atoms with Crippen LogP contribution in [0.1, 0.15) is 28.4 Å². The maximum Gasteiger partial charge on any atom is 0.251 e. The van der Waals surface area contributed by atoms with Crippen molar-refractivity contribution < 1.29 is 13.2 Å². The molecule has 26 heavy (non-hydrogen) atoms. The van der Waals surface area contributed by atoms with Gasteiger partial charge in [-0.15, -0.1) is 0 Å². The van der Waals surface area contributed by atoms with Gasteiger partial charge in [-0.2, -0.15) is 0 Å². The van der Waals surface area contributed by atoms with Crippen LogP contribution in [-0.4, -0.2) is 26.6 Å². The van der Waals surface area contributed by atoms with Gasteiger partial charge in [0.15, 0.2) is 0 Å². The topological polar surface area (TPSA) is 66.5 Å². The van der Waals surface area contributed by atoms with E-state index in [0.717, 1.165) is 11.1 Å². The van der Waals surface area contributed by atoms with E-state index in [1.807, 2.05) is 6.92 Å². The predicted molar refractivity (Wildman–Crippen MR) is 105 cm³/mol. The molecule has 1 amide bonds. The minimum Gasteiger partial charge on any atom is -0.348 e. The summed E-state index contributed by atoms with van der Waals surface area (Å²) in [5.74, 6) is -0.246. The summed E-state index contributed by atoms with van der Waals surface area (Å²) in [5.41, 5.74) is 2.73. The van der Waals surface area contributed by atoms with Gasteiger partial charge in [0.1, 0.15) is 0 Å². The number of halogens is 2. The maximum atomic E-state index is 12.4. The number of benzene rings is 2. The Morgan fingerprint density at radius 1 is 1.23 bits per heavy atom. The predicted octanol–water partition coefficient (Wildman–Crippen LogP) is 3.63. The first kappa shape index (κ1) is 19.0. The molecule has 138 valence electrons. The molecule has 0 saturated heterocycles. The molecule has 0 bridgehead atoms. The van der Waals surface area contributed by atoms with E-state index in [1.54, 1.807) is 36.4 Å². The molecule has 0 saturated carbocycles. The second-order valence-corrected chi connectivity index (χ2v) is 9.08. The summed E-state index contributed by atoms with van der Waals surface area (Å²) in [6, 6.07) is 10.0. The lowest BCUT2D eigenvalue weighted by Gasteiger charge is -2.21. The van der Waals surface area contributed by atoms with Crippen molar-refractivity contribution in [2.24, 2.45) is 0 Å². The van der Waals surface area contributed by atoms with E-state index in [-0.39, 0.29) is 18.5 Å². The summed E-state index contributed by atoms with van der Waals surface area (Å²) in [5, 5.41) is 3.85. The average Bonchev–Trinajstić information content (AvgIpc) is 2.88. The standard InChI is InChI=1S/C18H18Cl2N2O3S/c1-11-7-14-8-12(4-6-17(14)22(11)26(2,24)25)18(23)21-10-13-3-5-15(19)9-16(13)20/h3-6,8-9,11H,7,10H2,1-2H3,(H,21,23)/t11-/m0/s1. The highest BCUT2D eigenvalue weighted by Gasteiger charge is 2.32. The van der Waals surface area contributed by atoms with Gasteiger partial charge in [0.25, 0.3) is 5.91 Å². The highest BCUT2D eigenvalue weighted by molar-refractivity contribution is 7.92. The molecule has 0 unspecified atom stereocenters. The fourth-order valence-electron chi connectivity index (χ4n) is 3.19. The van der Waals surface area contributed by atoms with Gasteiger partial charge in [-0.25, -0.2) is 8.42 Å². The molecule has 1 N–H and O–H groups in total. The number of hydrogen-bond donors (Lipinski definition) is 1. The SMILES string of the molecule is C[C@H]1Cc2cc(C(=O)NCc3ccc(Cl)cc3Cl)ccc2N1S(C)(=O)=O. The van der Waals surface area contributed by atoms with Crippen molar-refractivity contribution in [2.45, 2.75) is 25.9 Å². The highest BCUT2D eigenvalue weighted by atomic mass is 35.5. The number of rotatable bonds is 4. The lowest BCUT2D eigenvalue weighted by molar-refractivity contribution is 0.0951. The first-order chi connectivity index (χ1) is 12.2. The third kappa shape index (κ3) is 3.82. The lowest BCUT2D eigenvalue weighted by atomic mass is 10.1. The molecule has 1 aliphatic heterocycles. The fourth-order valence-corrected chi connectivity index (χ4v) is 4.93. The van der Waals surface area contributed by atoms with Crippen molar-refractivity contribution in [1.82, 2.24) is 5.32 Å². The van der Waals surface area contributed by atoms with Crippen molar-refractivity contribution >= 4 is 44.8 Å². The van der Waals surface area contributed by atoms with E-state index < -0.39 is 10.0 Å². The van der Waals surface area contributed by atoms with Crippen molar-refractivity contribution in [3.05, 3.63) is 63.1 Å². The minimum atomic E-state index is -3.35. The van der Waals surface area contributed by atoms with E-state index >= 15 is 0 Å². The van der Waals surface area contributed by atoms with Crippen LogP contribution in [-0.2, 0) is 23.0 Å². The van der Waals surface area contributed by atoms with E-state index in [4.69, 9.17) is 23.2 Å². The average molecular weight is 413 g/mol. The Labute approximate surface area is 163 Å². The van der Waals surface area contributed by atoms with Crippen LogP contribution in [0.2, 0.25) is 10.0 Å². The van der Waals surface area contributed by atoms with Crippen molar-refractivity contribution in [2.75, 3.05) is 10.6 Å². The molecule has 0 fully saturated rings. The van der Waals surface area contributed by atoms with Gasteiger partial charge >= 0.3 is 0 Å². The van der Waals surface area contributed by atoms with Crippen molar-refractivity contribution in [3.63, 3.8) is 0 Å². The Morgan fingerprint density at radius 3 is 2.62 bits per heavy atom. The Morgan fingerprint density at radius 2 is 1.96 bits per heavy atom. The fraction of sp³-hybridized carbons (Fsp3) is 0.278. The Bertz CT molecular complexity index is 976. The third-order valence-electron chi connectivity index (χ3n) is 4.31. The van der Waals surface area contributed by atoms with Crippen LogP contribution in [0.5, 0.6) is 0 Å². The van der Waals surface area contributed by atoms with Gasteiger partial charge in [-0.1, -0.05) is 29.3 Å². The normalized spacial score (nSPS) is 16.5. The Kier molecular flexibility index (Phi) is 5.19. The zero-order chi connectivity index (χ0) is 19.1. The van der Waals surface area contributed by atoms with Crippen LogP contribution in [0, 0.1) is 0 Å². The van der Waals surface area contributed by atoms with Crippen LogP contribution >= 0.6 is 23.2 Å². The number of anilines is 1. The zero-order valence-electron chi connectivity index (χ0n) is 14.3. The van der Waals surface area contributed by atoms with Gasteiger partial charge in [-0.05, 0) is 54.8 Å². The lowest BCUT2D eigenvalue weighted by Crippen LogP contribution is -2.34. The van der Waals surface area contributed by atoms with Crippen LogP contribution < -0.4 is 9.62 Å². The molecule has 3 rings (SSSR count). The van der Waals surface area contributed by atoms with Gasteiger partial charge in [0, 0.05) is 28.2 Å². The number of amides is 1. The second kappa shape index (κ2) is 7.10. The van der Waals surface area contributed by atoms with E-state index in [1.165, 1.54) is 10.6 Å². The van der Waals surface area contributed by atoms with Crippen molar-refractivity contribution in [3.8, 4) is 0 Å². The number of fused-ring (bicyclic) bond motifs is 1. The summed E-state index contributed by atoms with van der Waals surface area (Å²) in [6.07, 6.45) is 1.77. The molecule has 5 nitrogen and oxygen atoms in total. The van der Waals surface area contributed by atoms with E-state index in [0.29, 0.717) is 27.7 Å². The number of nitrogens with zero attached hydrogens (tertiary/aromatic N) is 1. The number of hydrogen-bond acceptors (Lipinski definition) is 3. The van der Waals surface area contributed by atoms with Gasteiger partial charge < -0.3 is 5.32 Å². The van der Waals surface area contributed by atoms with E-state index in [9.17, 15) is 13.2 Å². The van der Waals surface area contributed by atoms with Gasteiger partial charge in [0.2, 0.25) is 10.0 Å². The molecular weight excluding hydrogens is 395 g/mol.